The van der Waals surface area contributed by atoms with Crippen molar-refractivity contribution in [2.24, 2.45) is 0 Å². The van der Waals surface area contributed by atoms with Crippen molar-refractivity contribution in [1.82, 2.24) is 0 Å². The van der Waals surface area contributed by atoms with Gasteiger partial charge in [0.1, 0.15) is 0 Å². The molecule has 1 rings (SSSR count). The Labute approximate surface area is 116 Å². The number of aromatic carboxylic acids is 1. The molecule has 20 heavy (non-hydrogen) atoms. The maximum absolute atomic E-state index is 11.8. The average molecular weight is 280 g/mol. The maximum atomic E-state index is 11.8. The predicted octanol–water partition coefficient (Wildman–Crippen LogP) is 1.67. The normalized spacial score (nSPS) is 9.90. The summed E-state index contributed by atoms with van der Waals surface area (Å²) in [6, 6.07) is 4.16. The van der Waals surface area contributed by atoms with Gasteiger partial charge in [-0.2, -0.15) is 0 Å². The number of rotatable bonds is 6. The summed E-state index contributed by atoms with van der Waals surface area (Å²) in [6.45, 7) is 1.85. The van der Waals surface area contributed by atoms with E-state index in [4.69, 9.17) is 9.84 Å². The van der Waals surface area contributed by atoms with E-state index in [1.165, 1.54) is 25.3 Å². The van der Waals surface area contributed by atoms with Crippen LogP contribution in [0.1, 0.15) is 39.6 Å². The standard InChI is InChI=1S/C14H16O6/c1-3-20-14(18)11-8-10(13(16)17)5-4-9(11)6-7-12(15)19-2/h4-5,8H,3,6-7H2,1-2H3,(H,16,17). The Morgan fingerprint density at radius 1 is 1.25 bits per heavy atom. The maximum Gasteiger partial charge on any atom is 0.338 e. The molecule has 1 N–H and O–H groups in total. The Balaban J connectivity index is 3.05. The molecule has 0 aliphatic carbocycles. The van der Waals surface area contributed by atoms with Gasteiger partial charge < -0.3 is 14.6 Å². The molecule has 0 heterocycles. The summed E-state index contributed by atoms with van der Waals surface area (Å²) >= 11 is 0. The van der Waals surface area contributed by atoms with Gasteiger partial charge in [0.05, 0.1) is 24.8 Å². The van der Waals surface area contributed by atoms with Crippen LogP contribution in [0.15, 0.2) is 18.2 Å². The van der Waals surface area contributed by atoms with Crippen molar-refractivity contribution in [1.29, 1.82) is 0 Å². The van der Waals surface area contributed by atoms with Crippen LogP contribution in [0.5, 0.6) is 0 Å². The smallest absolute Gasteiger partial charge is 0.338 e. The van der Waals surface area contributed by atoms with Gasteiger partial charge in [0.25, 0.3) is 0 Å². The summed E-state index contributed by atoms with van der Waals surface area (Å²) < 4.78 is 9.42. The number of esters is 2. The Morgan fingerprint density at radius 2 is 1.95 bits per heavy atom. The highest BCUT2D eigenvalue weighted by atomic mass is 16.5. The summed E-state index contributed by atoms with van der Waals surface area (Å²) in [7, 11) is 1.28. The summed E-state index contributed by atoms with van der Waals surface area (Å²) in [5.41, 5.74) is 0.712. The van der Waals surface area contributed by atoms with Crippen LogP contribution in [-0.2, 0) is 20.7 Å². The number of methoxy groups -OCH3 is 1. The number of ether oxygens (including phenoxy) is 2. The van der Waals surface area contributed by atoms with Gasteiger partial charge in [-0.05, 0) is 31.0 Å². The van der Waals surface area contributed by atoms with Crippen molar-refractivity contribution < 1.29 is 29.0 Å². The molecule has 0 saturated heterocycles. The fourth-order valence-corrected chi connectivity index (χ4v) is 1.67. The lowest BCUT2D eigenvalue weighted by molar-refractivity contribution is -0.140. The second kappa shape index (κ2) is 7.28. The highest BCUT2D eigenvalue weighted by Gasteiger charge is 2.16. The van der Waals surface area contributed by atoms with Crippen molar-refractivity contribution in [3.63, 3.8) is 0 Å². The number of aryl methyl sites for hydroxylation is 1. The molecular weight excluding hydrogens is 264 g/mol. The van der Waals surface area contributed by atoms with Gasteiger partial charge in [-0.3, -0.25) is 4.79 Å². The van der Waals surface area contributed by atoms with Gasteiger partial charge in [0.2, 0.25) is 0 Å². The fraction of sp³-hybridized carbons (Fsp3) is 0.357. The van der Waals surface area contributed by atoms with E-state index >= 15 is 0 Å². The van der Waals surface area contributed by atoms with Crippen LogP contribution in [0.2, 0.25) is 0 Å². The van der Waals surface area contributed by atoms with Crippen LogP contribution >= 0.6 is 0 Å². The van der Waals surface area contributed by atoms with Crippen molar-refractivity contribution >= 4 is 17.9 Å². The number of hydrogen-bond donors (Lipinski definition) is 1. The first-order valence-electron chi connectivity index (χ1n) is 6.09. The number of carboxylic acids is 1. The quantitative estimate of drug-likeness (QED) is 0.797. The molecule has 0 spiro atoms. The Hall–Kier alpha value is -2.37. The molecule has 0 aliphatic rings. The third kappa shape index (κ3) is 4.08. The molecule has 0 unspecified atom stereocenters. The van der Waals surface area contributed by atoms with Crippen molar-refractivity contribution in [2.45, 2.75) is 19.8 Å². The molecule has 6 nitrogen and oxygen atoms in total. The largest absolute Gasteiger partial charge is 0.478 e. The van der Waals surface area contributed by atoms with E-state index < -0.39 is 17.9 Å². The van der Waals surface area contributed by atoms with Crippen LogP contribution in [0, 0.1) is 0 Å². The van der Waals surface area contributed by atoms with E-state index in [2.05, 4.69) is 4.74 Å². The second-order valence-corrected chi connectivity index (χ2v) is 3.97. The molecule has 0 aromatic heterocycles. The van der Waals surface area contributed by atoms with Gasteiger partial charge >= 0.3 is 17.9 Å². The van der Waals surface area contributed by atoms with Crippen LogP contribution in [-0.4, -0.2) is 36.7 Å². The van der Waals surface area contributed by atoms with Crippen LogP contribution in [0.25, 0.3) is 0 Å². The Morgan fingerprint density at radius 3 is 2.50 bits per heavy atom. The lowest BCUT2D eigenvalue weighted by atomic mass is 10.00. The van der Waals surface area contributed by atoms with Gasteiger partial charge in [-0.15, -0.1) is 0 Å². The molecule has 0 amide bonds. The molecule has 108 valence electrons. The zero-order valence-electron chi connectivity index (χ0n) is 11.3. The first kappa shape index (κ1) is 15.7. The molecular formula is C14H16O6. The molecule has 1 aromatic rings. The molecule has 6 heteroatoms. The van der Waals surface area contributed by atoms with Crippen molar-refractivity contribution in [2.75, 3.05) is 13.7 Å². The average Bonchev–Trinajstić information content (AvgIpc) is 2.44. The summed E-state index contributed by atoms with van der Waals surface area (Å²) in [5.74, 6) is -2.13. The number of hydrogen-bond acceptors (Lipinski definition) is 5. The summed E-state index contributed by atoms with van der Waals surface area (Å²) in [4.78, 5) is 33.9. The fourth-order valence-electron chi connectivity index (χ4n) is 1.67. The van der Waals surface area contributed by atoms with E-state index in [-0.39, 0.29) is 30.6 Å². The highest BCUT2D eigenvalue weighted by molar-refractivity contribution is 5.95. The van der Waals surface area contributed by atoms with Crippen LogP contribution < -0.4 is 0 Å². The minimum absolute atomic E-state index is 0.00475. The van der Waals surface area contributed by atoms with Gasteiger partial charge in [0.15, 0.2) is 0 Å². The van der Waals surface area contributed by atoms with Crippen LogP contribution in [0.3, 0.4) is 0 Å². The number of carbonyl (C=O) groups is 3. The zero-order chi connectivity index (χ0) is 15.1. The number of benzene rings is 1. The van der Waals surface area contributed by atoms with E-state index in [0.717, 1.165) is 0 Å². The number of carboxylic acid groups (broad SMARTS) is 1. The monoisotopic (exact) mass is 280 g/mol. The second-order valence-electron chi connectivity index (χ2n) is 3.97. The lowest BCUT2D eigenvalue weighted by Gasteiger charge is -2.09. The minimum Gasteiger partial charge on any atom is -0.478 e. The molecule has 1 aromatic carbocycles. The summed E-state index contributed by atoms with van der Waals surface area (Å²) in [5, 5.41) is 8.94. The Bertz CT molecular complexity index is 520. The van der Waals surface area contributed by atoms with Crippen LogP contribution in [0.4, 0.5) is 0 Å². The molecule has 0 saturated carbocycles. The van der Waals surface area contributed by atoms with E-state index in [1.54, 1.807) is 6.92 Å². The van der Waals surface area contributed by atoms with Gasteiger partial charge in [-0.25, -0.2) is 9.59 Å². The minimum atomic E-state index is -1.13. The van der Waals surface area contributed by atoms with E-state index in [0.29, 0.717) is 5.56 Å². The highest BCUT2D eigenvalue weighted by Crippen LogP contribution is 2.16. The van der Waals surface area contributed by atoms with E-state index in [9.17, 15) is 14.4 Å². The molecule has 0 aliphatic heterocycles. The lowest BCUT2D eigenvalue weighted by Crippen LogP contribution is -2.12. The third-order valence-electron chi connectivity index (χ3n) is 2.68. The first-order valence-corrected chi connectivity index (χ1v) is 6.09. The third-order valence-corrected chi connectivity index (χ3v) is 2.68. The molecule has 0 atom stereocenters. The topological polar surface area (TPSA) is 89.9 Å². The van der Waals surface area contributed by atoms with Crippen molar-refractivity contribution in [3.8, 4) is 0 Å². The number of carbonyl (C=O) groups excluding carboxylic acids is 2. The zero-order valence-corrected chi connectivity index (χ0v) is 11.3. The van der Waals surface area contributed by atoms with Gasteiger partial charge in [0, 0.05) is 6.42 Å². The first-order chi connectivity index (χ1) is 9.49. The predicted molar refractivity (Wildman–Crippen MR) is 69.7 cm³/mol. The van der Waals surface area contributed by atoms with Gasteiger partial charge in [-0.1, -0.05) is 6.07 Å². The van der Waals surface area contributed by atoms with Crippen molar-refractivity contribution in [3.05, 3.63) is 34.9 Å². The summed E-state index contributed by atoms with van der Waals surface area (Å²) in [6.07, 6.45) is 0.385. The Kier molecular flexibility index (Phi) is 5.71. The molecule has 0 bridgehead atoms. The molecule has 0 fully saturated rings. The van der Waals surface area contributed by atoms with E-state index in [1.807, 2.05) is 0 Å². The molecule has 0 radical (unpaired) electrons. The SMILES string of the molecule is CCOC(=O)c1cc(C(=O)O)ccc1CCC(=O)OC.